The van der Waals surface area contributed by atoms with Crippen LogP contribution in [0.5, 0.6) is 0 Å². The molecule has 0 N–H and O–H groups in total. The molecule has 3 nitrogen and oxygen atoms in total. The standard InChI is InChI=1S/C18H34O3/c1-6-8-9-10-11-12-17(19)21-18-15(5)13(3)14(4)16(7-2)20-18/h13-16,18H,6-12H2,1-5H3. The molecule has 0 saturated carbocycles. The van der Waals surface area contributed by atoms with Crippen molar-refractivity contribution in [1.29, 1.82) is 0 Å². The Morgan fingerprint density at radius 1 is 0.952 bits per heavy atom. The molecule has 5 atom stereocenters. The van der Waals surface area contributed by atoms with Gasteiger partial charge < -0.3 is 9.47 Å². The molecule has 1 aliphatic rings. The zero-order valence-electron chi connectivity index (χ0n) is 14.6. The average Bonchev–Trinajstić information content (AvgIpc) is 2.47. The van der Waals surface area contributed by atoms with Crippen molar-refractivity contribution >= 4 is 5.97 Å². The van der Waals surface area contributed by atoms with Crippen LogP contribution in [-0.4, -0.2) is 18.4 Å². The summed E-state index contributed by atoms with van der Waals surface area (Å²) >= 11 is 0. The van der Waals surface area contributed by atoms with Crippen LogP contribution in [0.2, 0.25) is 0 Å². The van der Waals surface area contributed by atoms with Crippen molar-refractivity contribution in [2.45, 2.75) is 92.0 Å². The molecule has 5 unspecified atom stereocenters. The number of rotatable bonds is 8. The second-order valence-corrected chi connectivity index (χ2v) is 6.68. The number of hydrogen-bond acceptors (Lipinski definition) is 3. The van der Waals surface area contributed by atoms with Gasteiger partial charge in [-0.2, -0.15) is 0 Å². The quantitative estimate of drug-likeness (QED) is 0.470. The zero-order valence-corrected chi connectivity index (χ0v) is 14.6. The fourth-order valence-corrected chi connectivity index (χ4v) is 3.15. The van der Waals surface area contributed by atoms with Crippen LogP contribution >= 0.6 is 0 Å². The second-order valence-electron chi connectivity index (χ2n) is 6.68. The highest BCUT2D eigenvalue weighted by molar-refractivity contribution is 5.69. The molecule has 3 heteroatoms. The van der Waals surface area contributed by atoms with Crippen LogP contribution in [0.25, 0.3) is 0 Å². The lowest BCUT2D eigenvalue weighted by Crippen LogP contribution is -2.46. The molecule has 1 heterocycles. The maximum atomic E-state index is 12.0. The Labute approximate surface area is 130 Å². The normalized spacial score (nSPS) is 32.9. The first kappa shape index (κ1) is 18.5. The summed E-state index contributed by atoms with van der Waals surface area (Å²) in [5.41, 5.74) is 0. The first-order valence-corrected chi connectivity index (χ1v) is 8.86. The van der Waals surface area contributed by atoms with E-state index in [1.165, 1.54) is 19.3 Å². The molecule has 0 aromatic heterocycles. The Bertz CT molecular complexity index is 301. The van der Waals surface area contributed by atoms with Gasteiger partial charge in [-0.3, -0.25) is 4.79 Å². The largest absolute Gasteiger partial charge is 0.435 e. The van der Waals surface area contributed by atoms with Gasteiger partial charge >= 0.3 is 5.97 Å². The lowest BCUT2D eigenvalue weighted by atomic mass is 9.78. The molecule has 124 valence electrons. The number of ether oxygens (including phenoxy) is 2. The summed E-state index contributed by atoms with van der Waals surface area (Å²) in [6.07, 6.45) is 7.10. The van der Waals surface area contributed by atoms with Crippen LogP contribution in [0.15, 0.2) is 0 Å². The molecule has 0 radical (unpaired) electrons. The van der Waals surface area contributed by atoms with E-state index in [0.29, 0.717) is 18.3 Å². The molecule has 0 spiro atoms. The smallest absolute Gasteiger partial charge is 0.308 e. The van der Waals surface area contributed by atoms with E-state index in [2.05, 4.69) is 34.6 Å². The van der Waals surface area contributed by atoms with E-state index in [9.17, 15) is 4.79 Å². The van der Waals surface area contributed by atoms with E-state index >= 15 is 0 Å². The highest BCUT2D eigenvalue weighted by atomic mass is 16.7. The average molecular weight is 298 g/mol. The fraction of sp³-hybridized carbons (Fsp3) is 0.944. The molecule has 0 amide bonds. The van der Waals surface area contributed by atoms with Gasteiger partial charge in [0, 0.05) is 12.3 Å². The van der Waals surface area contributed by atoms with Crippen molar-refractivity contribution < 1.29 is 14.3 Å². The van der Waals surface area contributed by atoms with Gasteiger partial charge in [-0.15, -0.1) is 0 Å². The third-order valence-electron chi connectivity index (χ3n) is 5.12. The molecular weight excluding hydrogens is 264 g/mol. The highest BCUT2D eigenvalue weighted by Crippen LogP contribution is 2.36. The molecule has 1 fully saturated rings. The second kappa shape index (κ2) is 9.45. The minimum Gasteiger partial charge on any atom is -0.435 e. The van der Waals surface area contributed by atoms with Crippen LogP contribution in [0, 0.1) is 17.8 Å². The summed E-state index contributed by atoms with van der Waals surface area (Å²) in [6.45, 7) is 10.9. The monoisotopic (exact) mass is 298 g/mol. The van der Waals surface area contributed by atoms with Gasteiger partial charge in [0.1, 0.15) is 0 Å². The summed E-state index contributed by atoms with van der Waals surface area (Å²) in [6, 6.07) is 0. The molecule has 0 aliphatic carbocycles. The summed E-state index contributed by atoms with van der Waals surface area (Å²) in [4.78, 5) is 12.0. The fourth-order valence-electron chi connectivity index (χ4n) is 3.15. The summed E-state index contributed by atoms with van der Waals surface area (Å²) < 4.78 is 11.6. The van der Waals surface area contributed by atoms with Crippen LogP contribution in [0.1, 0.15) is 79.6 Å². The van der Waals surface area contributed by atoms with Crippen molar-refractivity contribution in [3.8, 4) is 0 Å². The number of esters is 1. The minimum absolute atomic E-state index is 0.0973. The maximum absolute atomic E-state index is 12.0. The lowest BCUT2D eigenvalue weighted by molar-refractivity contribution is -0.242. The van der Waals surface area contributed by atoms with E-state index in [0.717, 1.165) is 19.3 Å². The number of hydrogen-bond donors (Lipinski definition) is 0. The topological polar surface area (TPSA) is 35.5 Å². The summed E-state index contributed by atoms with van der Waals surface area (Å²) in [5, 5.41) is 0. The van der Waals surface area contributed by atoms with Crippen molar-refractivity contribution in [2.24, 2.45) is 17.8 Å². The molecular formula is C18H34O3. The van der Waals surface area contributed by atoms with Gasteiger partial charge in [-0.1, -0.05) is 60.3 Å². The SMILES string of the molecule is CCCCCCCC(=O)OC1OC(CC)C(C)C(C)C1C. The van der Waals surface area contributed by atoms with Gasteiger partial charge in [-0.25, -0.2) is 0 Å². The maximum Gasteiger partial charge on any atom is 0.308 e. The summed E-state index contributed by atoms with van der Waals surface area (Å²) in [5.74, 6) is 1.21. The van der Waals surface area contributed by atoms with Gasteiger partial charge in [0.25, 0.3) is 0 Å². The van der Waals surface area contributed by atoms with Gasteiger partial charge in [-0.05, 0) is 24.7 Å². The molecule has 0 bridgehead atoms. The van der Waals surface area contributed by atoms with Crippen molar-refractivity contribution in [3.63, 3.8) is 0 Å². The van der Waals surface area contributed by atoms with Crippen molar-refractivity contribution in [2.75, 3.05) is 0 Å². The number of carbonyl (C=O) groups is 1. The van der Waals surface area contributed by atoms with E-state index < -0.39 is 0 Å². The van der Waals surface area contributed by atoms with Gasteiger partial charge in [0.05, 0.1) is 6.10 Å². The van der Waals surface area contributed by atoms with E-state index in [1.807, 2.05) is 0 Å². The minimum atomic E-state index is -0.357. The van der Waals surface area contributed by atoms with Gasteiger partial charge in [0.15, 0.2) is 0 Å². The van der Waals surface area contributed by atoms with E-state index in [-0.39, 0.29) is 24.3 Å². The van der Waals surface area contributed by atoms with Crippen LogP contribution in [-0.2, 0) is 14.3 Å². The molecule has 1 rings (SSSR count). The molecule has 1 saturated heterocycles. The van der Waals surface area contributed by atoms with Crippen LogP contribution in [0.4, 0.5) is 0 Å². The van der Waals surface area contributed by atoms with Crippen molar-refractivity contribution in [3.05, 3.63) is 0 Å². The van der Waals surface area contributed by atoms with E-state index in [1.54, 1.807) is 0 Å². The third-order valence-corrected chi connectivity index (χ3v) is 5.12. The molecule has 1 aliphatic heterocycles. The van der Waals surface area contributed by atoms with Crippen LogP contribution < -0.4 is 0 Å². The first-order chi connectivity index (χ1) is 10.0. The molecule has 21 heavy (non-hydrogen) atoms. The predicted octanol–water partition coefficient (Wildman–Crippen LogP) is 4.93. The Morgan fingerprint density at radius 3 is 2.24 bits per heavy atom. The van der Waals surface area contributed by atoms with Crippen LogP contribution in [0.3, 0.4) is 0 Å². The van der Waals surface area contributed by atoms with Gasteiger partial charge in [0.2, 0.25) is 6.29 Å². The van der Waals surface area contributed by atoms with E-state index in [4.69, 9.17) is 9.47 Å². The Morgan fingerprint density at radius 2 is 1.62 bits per heavy atom. The Balaban J connectivity index is 2.36. The molecule has 0 aromatic carbocycles. The highest BCUT2D eigenvalue weighted by Gasteiger charge is 2.40. The lowest BCUT2D eigenvalue weighted by Gasteiger charge is -2.42. The van der Waals surface area contributed by atoms with Crippen molar-refractivity contribution in [1.82, 2.24) is 0 Å². The predicted molar refractivity (Wildman–Crippen MR) is 85.9 cm³/mol. The Hall–Kier alpha value is -0.570. The third kappa shape index (κ3) is 5.61. The first-order valence-electron chi connectivity index (χ1n) is 8.86. The zero-order chi connectivity index (χ0) is 15.8. The molecule has 0 aromatic rings. The summed E-state index contributed by atoms with van der Waals surface area (Å²) in [7, 11) is 0. The Kier molecular flexibility index (Phi) is 8.31. The number of unbranched alkanes of at least 4 members (excludes halogenated alkanes) is 4. The number of carbonyl (C=O) groups excluding carboxylic acids is 1.